The number of rotatable bonds is 2. The molecule has 21 heavy (non-hydrogen) atoms. The van der Waals surface area contributed by atoms with Gasteiger partial charge in [-0.2, -0.15) is 0 Å². The summed E-state index contributed by atoms with van der Waals surface area (Å²) in [4.78, 5) is 0. The fraction of sp³-hybridized carbons (Fsp3) is 0.429. The van der Waals surface area contributed by atoms with Crippen LogP contribution in [0.4, 0.5) is 0 Å². The predicted octanol–water partition coefficient (Wildman–Crippen LogP) is 5.96. The van der Waals surface area contributed by atoms with Gasteiger partial charge in [0.25, 0.3) is 0 Å². The van der Waals surface area contributed by atoms with Crippen molar-refractivity contribution < 1.29 is 0 Å². The van der Waals surface area contributed by atoms with Crippen molar-refractivity contribution in [2.24, 2.45) is 11.8 Å². The Labute approximate surface area is 128 Å². The summed E-state index contributed by atoms with van der Waals surface area (Å²) in [5.74, 6) is 2.81. The van der Waals surface area contributed by atoms with Crippen LogP contribution in [-0.4, -0.2) is 0 Å². The normalized spacial score (nSPS) is 27.8. The molecule has 2 aromatic rings. The summed E-state index contributed by atoms with van der Waals surface area (Å²) in [5.41, 5.74) is 5.59. The minimum Gasteiger partial charge on any atom is -0.0587 e. The molecule has 2 aromatic carbocycles. The van der Waals surface area contributed by atoms with Crippen LogP contribution >= 0.6 is 0 Å². The molecule has 5 rings (SSSR count). The monoisotopic (exact) mass is 276 g/mol. The zero-order valence-corrected chi connectivity index (χ0v) is 12.9. The molecule has 0 spiro atoms. The van der Waals surface area contributed by atoms with E-state index < -0.39 is 0 Å². The summed E-state index contributed by atoms with van der Waals surface area (Å²) < 4.78 is 0. The maximum Gasteiger partial charge on any atom is -0.0131 e. The lowest BCUT2D eigenvalue weighted by molar-refractivity contribution is 0.145. The van der Waals surface area contributed by atoms with E-state index in [1.165, 1.54) is 48.8 Å². The third-order valence-corrected chi connectivity index (χ3v) is 5.77. The molecule has 0 aliphatic heterocycles. The van der Waals surface area contributed by atoms with E-state index in [0.29, 0.717) is 0 Å². The van der Waals surface area contributed by atoms with Crippen LogP contribution in [0.1, 0.15) is 49.1 Å². The molecule has 2 bridgehead atoms. The van der Waals surface area contributed by atoms with Crippen molar-refractivity contribution in [3.05, 3.63) is 59.7 Å². The van der Waals surface area contributed by atoms with Crippen LogP contribution in [-0.2, 0) is 0 Å². The highest BCUT2D eigenvalue weighted by Crippen LogP contribution is 2.49. The second-order valence-electron chi connectivity index (χ2n) is 7.11. The van der Waals surface area contributed by atoms with Crippen LogP contribution in [0.25, 0.3) is 11.1 Å². The first-order valence-electron chi connectivity index (χ1n) is 8.46. The minimum atomic E-state index is 0.838. The van der Waals surface area contributed by atoms with Crippen LogP contribution in [0.2, 0.25) is 0 Å². The van der Waals surface area contributed by atoms with Crippen LogP contribution < -0.4 is 0 Å². The standard InChI is InChI=1S/C21H24/c1-15-2-6-17(7-3-15)18-10-12-20(13-11-18)21-14-16-4-8-19(21)9-5-16/h2-3,6-7,10-13,16,19,21H,4-5,8-9,14H2,1H3. The smallest absolute Gasteiger partial charge is 0.0131 e. The van der Waals surface area contributed by atoms with Crippen molar-refractivity contribution in [1.29, 1.82) is 0 Å². The molecular formula is C21H24. The topological polar surface area (TPSA) is 0 Å². The highest BCUT2D eigenvalue weighted by Gasteiger charge is 2.36. The van der Waals surface area contributed by atoms with Gasteiger partial charge in [0.2, 0.25) is 0 Å². The molecular weight excluding hydrogens is 252 g/mol. The Morgan fingerprint density at radius 1 is 0.714 bits per heavy atom. The molecule has 0 N–H and O–H groups in total. The van der Waals surface area contributed by atoms with Crippen LogP contribution in [0.5, 0.6) is 0 Å². The van der Waals surface area contributed by atoms with Gasteiger partial charge in [-0.15, -0.1) is 0 Å². The van der Waals surface area contributed by atoms with Crippen molar-refractivity contribution in [2.75, 3.05) is 0 Å². The number of benzene rings is 2. The van der Waals surface area contributed by atoms with E-state index in [4.69, 9.17) is 0 Å². The second kappa shape index (κ2) is 5.33. The van der Waals surface area contributed by atoms with Gasteiger partial charge in [0.1, 0.15) is 0 Å². The average molecular weight is 276 g/mol. The van der Waals surface area contributed by atoms with Crippen LogP contribution in [0.3, 0.4) is 0 Å². The van der Waals surface area contributed by atoms with Gasteiger partial charge in [-0.1, -0.05) is 66.9 Å². The van der Waals surface area contributed by atoms with E-state index in [1.807, 2.05) is 0 Å². The van der Waals surface area contributed by atoms with Crippen molar-refractivity contribution in [1.82, 2.24) is 0 Å². The highest BCUT2D eigenvalue weighted by molar-refractivity contribution is 5.64. The zero-order chi connectivity index (χ0) is 14.2. The SMILES string of the molecule is Cc1ccc(-c2ccc(C3CC4CCC3CC4)cc2)cc1. The third kappa shape index (κ3) is 2.52. The van der Waals surface area contributed by atoms with Crippen LogP contribution in [0, 0.1) is 18.8 Å². The van der Waals surface area contributed by atoms with Crippen molar-refractivity contribution in [2.45, 2.75) is 44.9 Å². The van der Waals surface area contributed by atoms with Gasteiger partial charge in [0, 0.05) is 0 Å². The summed E-state index contributed by atoms with van der Waals surface area (Å²) in [6.07, 6.45) is 7.35. The summed E-state index contributed by atoms with van der Waals surface area (Å²) in [6.45, 7) is 2.14. The molecule has 0 saturated heterocycles. The van der Waals surface area contributed by atoms with Crippen molar-refractivity contribution in [3.8, 4) is 11.1 Å². The van der Waals surface area contributed by atoms with Gasteiger partial charge in [0.05, 0.1) is 0 Å². The summed E-state index contributed by atoms with van der Waals surface area (Å²) in [5, 5.41) is 0. The second-order valence-corrected chi connectivity index (χ2v) is 7.11. The Morgan fingerprint density at radius 2 is 1.29 bits per heavy atom. The molecule has 0 amide bonds. The number of hydrogen-bond donors (Lipinski definition) is 0. The molecule has 3 aliphatic rings. The molecule has 0 heteroatoms. The molecule has 0 aromatic heterocycles. The van der Waals surface area contributed by atoms with Gasteiger partial charge in [-0.3, -0.25) is 0 Å². The lowest BCUT2D eigenvalue weighted by Gasteiger charge is -2.42. The van der Waals surface area contributed by atoms with Gasteiger partial charge >= 0.3 is 0 Å². The van der Waals surface area contributed by atoms with E-state index in [9.17, 15) is 0 Å². The lowest BCUT2D eigenvalue weighted by atomic mass is 9.63. The summed E-state index contributed by atoms with van der Waals surface area (Å²) in [6, 6.07) is 18.3. The number of hydrogen-bond acceptors (Lipinski definition) is 0. The lowest BCUT2D eigenvalue weighted by Crippen LogP contribution is -2.29. The van der Waals surface area contributed by atoms with Gasteiger partial charge < -0.3 is 0 Å². The van der Waals surface area contributed by atoms with Crippen molar-refractivity contribution in [3.63, 3.8) is 0 Å². The maximum absolute atomic E-state index is 2.39. The Hall–Kier alpha value is -1.56. The molecule has 1 atom stereocenters. The first-order chi connectivity index (χ1) is 10.3. The fourth-order valence-corrected chi connectivity index (χ4v) is 4.45. The molecule has 3 saturated carbocycles. The number of aryl methyl sites for hydroxylation is 1. The summed E-state index contributed by atoms with van der Waals surface area (Å²) >= 11 is 0. The quantitative estimate of drug-likeness (QED) is 0.635. The van der Waals surface area contributed by atoms with Crippen molar-refractivity contribution >= 4 is 0 Å². The van der Waals surface area contributed by atoms with Gasteiger partial charge in [-0.05, 0) is 60.6 Å². The Kier molecular flexibility index (Phi) is 3.33. The molecule has 0 radical (unpaired) electrons. The van der Waals surface area contributed by atoms with E-state index in [1.54, 1.807) is 5.56 Å². The first-order valence-corrected chi connectivity index (χ1v) is 8.46. The average Bonchev–Trinajstić information content (AvgIpc) is 2.57. The third-order valence-electron chi connectivity index (χ3n) is 5.77. The zero-order valence-electron chi connectivity index (χ0n) is 12.9. The van der Waals surface area contributed by atoms with Gasteiger partial charge in [0.15, 0.2) is 0 Å². The maximum atomic E-state index is 2.39. The van der Waals surface area contributed by atoms with E-state index in [2.05, 4.69) is 55.5 Å². The Bertz CT molecular complexity index is 597. The largest absolute Gasteiger partial charge is 0.0587 e. The fourth-order valence-electron chi connectivity index (χ4n) is 4.45. The van der Waals surface area contributed by atoms with Gasteiger partial charge in [-0.25, -0.2) is 0 Å². The van der Waals surface area contributed by atoms with E-state index >= 15 is 0 Å². The molecule has 0 nitrogen and oxygen atoms in total. The molecule has 1 unspecified atom stereocenters. The highest BCUT2D eigenvalue weighted by atomic mass is 14.4. The molecule has 108 valence electrons. The van der Waals surface area contributed by atoms with Crippen LogP contribution in [0.15, 0.2) is 48.5 Å². The molecule has 0 heterocycles. The first kappa shape index (κ1) is 13.1. The van der Waals surface area contributed by atoms with E-state index in [0.717, 1.165) is 17.8 Å². The predicted molar refractivity (Wildman–Crippen MR) is 89.4 cm³/mol. The molecule has 3 fully saturated rings. The van der Waals surface area contributed by atoms with E-state index in [-0.39, 0.29) is 0 Å². The minimum absolute atomic E-state index is 0.838. The molecule has 3 aliphatic carbocycles. The Balaban J connectivity index is 1.57. The summed E-state index contributed by atoms with van der Waals surface area (Å²) in [7, 11) is 0. The Morgan fingerprint density at radius 3 is 1.81 bits per heavy atom. The number of fused-ring (bicyclic) bond motifs is 3.